The minimum atomic E-state index is -4.08. The van der Waals surface area contributed by atoms with Crippen molar-refractivity contribution in [2.75, 3.05) is 24.9 Å². The number of fused-ring (bicyclic) bond motifs is 7. The standard InChI is InChI=1S/C29H27FN6O4S.C16H17ClFN3O2/c1-16-3-9-20(10-4-16)41(38,39)36-14-22(21-13-32-15-33-28(21)36)25-19(12-31)11-23(30)27(34-25)35-26-18-7-5-17(6-8-18)24(26)29(37)40-2;1-23-16(22)12-8-2-4-9(5-3-8)13(12)20-15-11(18)6-10(7-19)14(17)21-15/h3-4,9-11,13-15,17-18,24,26H,5-8H2,1-2H3,(H,34,35);6,8-9,12-13H,2-5H2,1H3,(H,20,21)/t17?,18?,24-,26-;8?,9?,12-,13-/m00/s1. The number of methoxy groups -OCH3 is 2. The third kappa shape index (κ3) is 8.20. The fourth-order valence-electron chi connectivity index (χ4n) is 10.2. The molecular formula is C45H44ClF2N9O6S. The number of hydrogen-bond acceptors (Lipinski definition) is 14. The molecule has 6 aliphatic carbocycles. The number of rotatable bonds is 9. The molecule has 19 heteroatoms. The maximum absolute atomic E-state index is 15.4. The zero-order valence-electron chi connectivity index (χ0n) is 35.1. The van der Waals surface area contributed by atoms with E-state index in [-0.39, 0.29) is 103 Å². The lowest BCUT2D eigenvalue weighted by atomic mass is 9.61. The average Bonchev–Trinajstić information content (AvgIpc) is 3.71. The lowest BCUT2D eigenvalue weighted by Gasteiger charge is -2.47. The van der Waals surface area contributed by atoms with Crippen LogP contribution in [0.3, 0.4) is 0 Å². The predicted octanol–water partition coefficient (Wildman–Crippen LogP) is 7.57. The summed E-state index contributed by atoms with van der Waals surface area (Å²) >= 11 is 5.89. The van der Waals surface area contributed by atoms with Gasteiger partial charge in [0.1, 0.15) is 23.6 Å². The van der Waals surface area contributed by atoms with Crippen molar-refractivity contribution in [3.8, 4) is 23.4 Å². The number of hydrogen-bond donors (Lipinski definition) is 2. The van der Waals surface area contributed by atoms with Gasteiger partial charge in [0.05, 0.1) is 47.8 Å². The number of aryl methyl sites for hydroxylation is 1. The van der Waals surface area contributed by atoms with Crippen LogP contribution in [0.15, 0.2) is 60.0 Å². The van der Waals surface area contributed by atoms with E-state index in [1.807, 2.05) is 13.0 Å². The summed E-state index contributed by atoms with van der Waals surface area (Å²) in [4.78, 5) is 41.7. The summed E-state index contributed by atoms with van der Waals surface area (Å²) in [6.07, 6.45) is 11.6. The fraction of sp³-hybridized carbons (Fsp3) is 0.422. The number of aromatic nitrogens is 5. The molecule has 6 saturated carbocycles. The molecule has 6 aliphatic rings. The molecule has 0 saturated heterocycles. The number of benzene rings is 1. The van der Waals surface area contributed by atoms with Gasteiger partial charge in [-0.05, 0) is 106 Å². The van der Waals surface area contributed by atoms with E-state index in [4.69, 9.17) is 26.3 Å². The topological polar surface area (TPSA) is 215 Å². The highest BCUT2D eigenvalue weighted by Crippen LogP contribution is 2.48. The molecule has 0 aliphatic heterocycles. The van der Waals surface area contributed by atoms with Gasteiger partial charge in [-0.1, -0.05) is 29.3 Å². The summed E-state index contributed by atoms with van der Waals surface area (Å²) in [5, 5.41) is 25.3. The number of nitrogens with one attached hydrogen (secondary N) is 2. The van der Waals surface area contributed by atoms with E-state index in [9.17, 15) is 27.7 Å². The van der Waals surface area contributed by atoms with Gasteiger partial charge in [0, 0.05) is 35.4 Å². The number of carbonyl (C=O) groups excluding carboxylic acids is 2. The summed E-state index contributed by atoms with van der Waals surface area (Å²) in [6.45, 7) is 1.86. The molecule has 64 heavy (non-hydrogen) atoms. The number of carbonyl (C=O) groups is 2. The van der Waals surface area contributed by atoms with E-state index in [0.29, 0.717) is 5.39 Å². The first-order valence-corrected chi connectivity index (χ1v) is 22.8. The molecule has 4 atom stereocenters. The molecule has 0 spiro atoms. The number of pyridine rings is 2. The number of anilines is 2. The van der Waals surface area contributed by atoms with Crippen molar-refractivity contribution in [2.24, 2.45) is 35.5 Å². The molecule has 0 radical (unpaired) electrons. The van der Waals surface area contributed by atoms with Crippen LogP contribution in [0.2, 0.25) is 5.15 Å². The molecule has 332 valence electrons. The zero-order chi connectivity index (χ0) is 45.4. The highest BCUT2D eigenvalue weighted by Gasteiger charge is 2.49. The molecule has 4 aromatic heterocycles. The van der Waals surface area contributed by atoms with Crippen LogP contribution in [0, 0.1) is 76.7 Å². The second-order valence-corrected chi connectivity index (χ2v) is 19.0. The summed E-state index contributed by atoms with van der Waals surface area (Å²) < 4.78 is 67.9. The molecule has 5 aromatic rings. The minimum Gasteiger partial charge on any atom is -0.469 e. The predicted molar refractivity (Wildman–Crippen MR) is 230 cm³/mol. The molecule has 0 amide bonds. The van der Waals surface area contributed by atoms with Gasteiger partial charge in [-0.15, -0.1) is 0 Å². The van der Waals surface area contributed by atoms with Crippen LogP contribution >= 0.6 is 11.6 Å². The van der Waals surface area contributed by atoms with Gasteiger partial charge in [0.25, 0.3) is 10.0 Å². The number of esters is 2. The highest BCUT2D eigenvalue weighted by atomic mass is 35.5. The first-order chi connectivity index (χ1) is 30.8. The summed E-state index contributed by atoms with van der Waals surface area (Å²) in [6, 6.07) is 11.7. The molecule has 0 unspecified atom stereocenters. The Labute approximate surface area is 373 Å². The van der Waals surface area contributed by atoms with Crippen molar-refractivity contribution in [1.82, 2.24) is 23.9 Å². The second-order valence-electron chi connectivity index (χ2n) is 16.8. The van der Waals surface area contributed by atoms with E-state index in [0.717, 1.165) is 73.0 Å². The van der Waals surface area contributed by atoms with Crippen molar-refractivity contribution in [2.45, 2.75) is 75.3 Å². The maximum Gasteiger partial charge on any atom is 0.311 e. The highest BCUT2D eigenvalue weighted by molar-refractivity contribution is 7.90. The SMILES string of the molecule is COC(=O)[C@H]1C2CCC(CC2)[C@@H]1Nc1nc(-c2cn(S(=O)(=O)c3ccc(C)cc3)c3ncncc23)c(C#N)cc1F.COC(=O)[C@H]1C2CCC(CC2)[C@@H]1Nc1nc(Cl)c(C#N)cc1F. The average molecular weight is 912 g/mol. The first-order valence-electron chi connectivity index (χ1n) is 21.0. The Kier molecular flexibility index (Phi) is 12.5. The van der Waals surface area contributed by atoms with Gasteiger partial charge in [0.2, 0.25) is 0 Å². The van der Waals surface area contributed by atoms with E-state index in [1.165, 1.54) is 45.1 Å². The largest absolute Gasteiger partial charge is 0.469 e. The molecular weight excluding hydrogens is 868 g/mol. The Morgan fingerprint density at radius 2 is 1.30 bits per heavy atom. The van der Waals surface area contributed by atoms with Gasteiger partial charge in [-0.3, -0.25) is 9.59 Å². The smallest absolute Gasteiger partial charge is 0.311 e. The second kappa shape index (κ2) is 18.1. The number of nitriles is 2. The van der Waals surface area contributed by atoms with Crippen molar-refractivity contribution in [3.05, 3.63) is 88.6 Å². The van der Waals surface area contributed by atoms with Crippen LogP contribution < -0.4 is 10.6 Å². The van der Waals surface area contributed by atoms with E-state index in [1.54, 1.807) is 18.2 Å². The molecule has 2 N–H and O–H groups in total. The summed E-state index contributed by atoms with van der Waals surface area (Å²) in [5.41, 5.74) is 1.23. The third-order valence-electron chi connectivity index (χ3n) is 13.4. The maximum atomic E-state index is 15.4. The molecule has 4 heterocycles. The first kappa shape index (κ1) is 44.4. The number of ether oxygens (including phenoxy) is 2. The Bertz CT molecular complexity index is 2820. The van der Waals surface area contributed by atoms with E-state index >= 15 is 4.39 Å². The van der Waals surface area contributed by atoms with Gasteiger partial charge in [-0.25, -0.2) is 41.1 Å². The molecule has 6 fully saturated rings. The summed E-state index contributed by atoms with van der Waals surface area (Å²) in [7, 11) is -1.36. The quantitative estimate of drug-likeness (QED) is 0.108. The number of halogens is 3. The number of nitrogens with zero attached hydrogens (tertiary/aromatic N) is 7. The molecule has 1 aromatic carbocycles. The van der Waals surface area contributed by atoms with Crippen LogP contribution in [0.25, 0.3) is 22.3 Å². The van der Waals surface area contributed by atoms with E-state index in [2.05, 4.69) is 30.6 Å². The van der Waals surface area contributed by atoms with Crippen LogP contribution in [-0.2, 0) is 29.1 Å². The van der Waals surface area contributed by atoms with Gasteiger partial charge < -0.3 is 20.1 Å². The molecule has 15 nitrogen and oxygen atoms in total. The molecule has 11 rings (SSSR count). The summed E-state index contributed by atoms with van der Waals surface area (Å²) in [5.74, 6) is -2.08. The third-order valence-corrected chi connectivity index (χ3v) is 15.4. The van der Waals surface area contributed by atoms with Gasteiger partial charge in [-0.2, -0.15) is 10.5 Å². The molecule has 4 bridgehead atoms. The zero-order valence-corrected chi connectivity index (χ0v) is 36.7. The monoisotopic (exact) mass is 911 g/mol. The van der Waals surface area contributed by atoms with Crippen LogP contribution in [0.5, 0.6) is 0 Å². The Hall–Kier alpha value is -6.24. The van der Waals surface area contributed by atoms with Crippen molar-refractivity contribution in [1.29, 1.82) is 10.5 Å². The van der Waals surface area contributed by atoms with Crippen molar-refractivity contribution in [3.63, 3.8) is 0 Å². The lowest BCUT2D eigenvalue weighted by molar-refractivity contribution is -0.152. The van der Waals surface area contributed by atoms with Crippen molar-refractivity contribution < 1.29 is 36.3 Å². The lowest BCUT2D eigenvalue weighted by Crippen LogP contribution is -2.52. The fourth-order valence-corrected chi connectivity index (χ4v) is 11.7. The minimum absolute atomic E-state index is 0.00982. The van der Waals surface area contributed by atoms with Crippen molar-refractivity contribution >= 4 is 56.2 Å². The van der Waals surface area contributed by atoms with Crippen LogP contribution in [0.4, 0.5) is 20.4 Å². The Morgan fingerprint density at radius 3 is 1.81 bits per heavy atom. The van der Waals surface area contributed by atoms with Crippen LogP contribution in [-0.4, -0.2) is 70.6 Å². The van der Waals surface area contributed by atoms with Gasteiger partial charge >= 0.3 is 11.9 Å². The normalized spacial score (nSPS) is 24.4. The Morgan fingerprint density at radius 1 is 0.797 bits per heavy atom. The Balaban J connectivity index is 0.000000206. The van der Waals surface area contributed by atoms with Gasteiger partial charge in [0.15, 0.2) is 28.9 Å². The van der Waals surface area contributed by atoms with E-state index < -0.39 is 27.6 Å². The van der Waals surface area contributed by atoms with Crippen LogP contribution in [0.1, 0.15) is 68.1 Å².